The van der Waals surface area contributed by atoms with Gasteiger partial charge in [0.2, 0.25) is 0 Å². The van der Waals surface area contributed by atoms with Crippen LogP contribution >= 0.6 is 0 Å². The Morgan fingerprint density at radius 2 is 1.39 bits per heavy atom. The second-order valence-corrected chi connectivity index (χ2v) is 6.37. The highest BCUT2D eigenvalue weighted by molar-refractivity contribution is 4.90. The summed E-state index contributed by atoms with van der Waals surface area (Å²) in [6.07, 6.45) is 7.58. The molecule has 3 heteroatoms. The molecule has 0 unspecified atom stereocenters. The molecule has 2 fully saturated rings. The van der Waals surface area contributed by atoms with Crippen molar-refractivity contribution in [2.24, 2.45) is 11.3 Å². The van der Waals surface area contributed by atoms with Crippen molar-refractivity contribution < 1.29 is 13.2 Å². The van der Waals surface area contributed by atoms with E-state index in [1.807, 2.05) is 0 Å². The van der Waals surface area contributed by atoms with Gasteiger partial charge in [-0.25, -0.2) is 0 Å². The Bertz CT molecular complexity index is 245. The van der Waals surface area contributed by atoms with E-state index < -0.39 is 12.6 Å². The minimum atomic E-state index is -3.97. The van der Waals surface area contributed by atoms with Crippen LogP contribution < -0.4 is 0 Å². The Balaban J connectivity index is 2.01. The summed E-state index contributed by atoms with van der Waals surface area (Å²) in [4.78, 5) is 0. The highest BCUT2D eigenvalue weighted by Crippen LogP contribution is 2.52. The summed E-state index contributed by atoms with van der Waals surface area (Å²) in [6.45, 7) is 0. The average Bonchev–Trinajstić information content (AvgIpc) is 2.38. The topological polar surface area (TPSA) is 0 Å². The molecule has 0 nitrogen and oxygen atoms in total. The third kappa shape index (κ3) is 3.64. The van der Waals surface area contributed by atoms with E-state index in [1.165, 1.54) is 38.5 Å². The number of hydrogen-bond acceptors (Lipinski definition) is 0. The molecule has 0 amide bonds. The molecule has 0 aromatic rings. The van der Waals surface area contributed by atoms with Crippen LogP contribution in [-0.2, 0) is 0 Å². The number of rotatable bonds is 3. The highest BCUT2D eigenvalue weighted by atomic mass is 19.4. The van der Waals surface area contributed by atoms with E-state index in [2.05, 4.69) is 0 Å². The molecule has 0 atom stereocenters. The van der Waals surface area contributed by atoms with E-state index in [0.717, 1.165) is 25.7 Å². The Hall–Kier alpha value is -0.210. The van der Waals surface area contributed by atoms with Crippen LogP contribution in [0, 0.1) is 11.3 Å². The van der Waals surface area contributed by atoms with E-state index in [9.17, 15) is 13.2 Å². The Kier molecular flexibility index (Phi) is 4.60. The van der Waals surface area contributed by atoms with Gasteiger partial charge in [0.05, 0.1) is 0 Å². The Morgan fingerprint density at radius 1 is 0.833 bits per heavy atom. The van der Waals surface area contributed by atoms with Crippen molar-refractivity contribution in [2.75, 3.05) is 0 Å². The van der Waals surface area contributed by atoms with Gasteiger partial charge in [0.15, 0.2) is 0 Å². The van der Waals surface area contributed by atoms with Crippen LogP contribution in [0.1, 0.15) is 77.0 Å². The molecule has 0 aromatic carbocycles. The van der Waals surface area contributed by atoms with Crippen molar-refractivity contribution >= 4 is 0 Å². The largest absolute Gasteiger partial charge is 0.389 e. The normalized spacial score (nSPS) is 26.2. The maximum absolute atomic E-state index is 12.5. The summed E-state index contributed by atoms with van der Waals surface area (Å²) >= 11 is 0. The summed E-state index contributed by atoms with van der Waals surface area (Å²) in [5.74, 6) is 0.578. The molecule has 0 N–H and O–H groups in total. The van der Waals surface area contributed by atoms with Crippen molar-refractivity contribution in [3.8, 4) is 0 Å². The van der Waals surface area contributed by atoms with Crippen LogP contribution in [0.15, 0.2) is 0 Å². The monoisotopic (exact) mass is 262 g/mol. The molecule has 0 heterocycles. The molecule has 2 aliphatic rings. The van der Waals surface area contributed by atoms with Crippen molar-refractivity contribution in [1.29, 1.82) is 0 Å². The zero-order valence-corrected chi connectivity index (χ0v) is 11.2. The van der Waals surface area contributed by atoms with Crippen molar-refractivity contribution in [3.05, 3.63) is 0 Å². The summed E-state index contributed by atoms with van der Waals surface area (Å²) in [5.41, 5.74) is 0.0359. The fourth-order valence-electron chi connectivity index (χ4n) is 4.22. The van der Waals surface area contributed by atoms with Gasteiger partial charge >= 0.3 is 6.18 Å². The number of alkyl halides is 3. The molecule has 0 aromatic heterocycles. The molecule has 2 aliphatic carbocycles. The summed E-state index contributed by atoms with van der Waals surface area (Å²) < 4.78 is 37.6. The Labute approximate surface area is 108 Å². The van der Waals surface area contributed by atoms with Crippen LogP contribution in [0.4, 0.5) is 13.2 Å². The lowest BCUT2D eigenvalue weighted by Crippen LogP contribution is -2.35. The van der Waals surface area contributed by atoms with Gasteiger partial charge in [-0.15, -0.1) is 0 Å². The van der Waals surface area contributed by atoms with E-state index >= 15 is 0 Å². The molecule has 106 valence electrons. The molecule has 0 spiro atoms. The van der Waals surface area contributed by atoms with Gasteiger partial charge in [0.25, 0.3) is 0 Å². The van der Waals surface area contributed by atoms with Crippen LogP contribution in [0.5, 0.6) is 0 Å². The van der Waals surface area contributed by atoms with Crippen LogP contribution in [0.2, 0.25) is 0 Å². The molecule has 0 bridgehead atoms. The van der Waals surface area contributed by atoms with Crippen molar-refractivity contribution in [3.63, 3.8) is 0 Å². The summed E-state index contributed by atoms with van der Waals surface area (Å²) in [7, 11) is 0. The quantitative estimate of drug-likeness (QED) is 0.597. The first kappa shape index (κ1) is 14.2. The first-order valence-corrected chi connectivity index (χ1v) is 7.59. The van der Waals surface area contributed by atoms with Crippen molar-refractivity contribution in [2.45, 2.75) is 83.2 Å². The van der Waals surface area contributed by atoms with Gasteiger partial charge < -0.3 is 0 Å². The van der Waals surface area contributed by atoms with Crippen LogP contribution in [-0.4, -0.2) is 6.18 Å². The van der Waals surface area contributed by atoms with E-state index in [4.69, 9.17) is 0 Å². The summed E-state index contributed by atoms with van der Waals surface area (Å²) in [5, 5.41) is 0. The molecule has 0 radical (unpaired) electrons. The zero-order valence-electron chi connectivity index (χ0n) is 11.2. The lowest BCUT2D eigenvalue weighted by atomic mass is 9.60. The number of halogens is 3. The molecular formula is C15H25F3. The zero-order chi connectivity index (χ0) is 13.1. The molecular weight excluding hydrogens is 237 g/mol. The second-order valence-electron chi connectivity index (χ2n) is 6.37. The molecule has 2 rings (SSSR count). The van der Waals surface area contributed by atoms with E-state index in [1.54, 1.807) is 0 Å². The SMILES string of the molecule is FC(F)(F)CCC1(C2CCCCC2)CCCCC1. The molecule has 2 saturated carbocycles. The predicted molar refractivity (Wildman–Crippen MR) is 67.4 cm³/mol. The molecule has 18 heavy (non-hydrogen) atoms. The maximum Gasteiger partial charge on any atom is 0.389 e. The minimum absolute atomic E-state index is 0.0359. The van der Waals surface area contributed by atoms with Gasteiger partial charge in [-0.1, -0.05) is 38.5 Å². The lowest BCUT2D eigenvalue weighted by Gasteiger charge is -2.46. The number of hydrogen-bond donors (Lipinski definition) is 0. The van der Waals surface area contributed by atoms with Gasteiger partial charge in [0.1, 0.15) is 0 Å². The first-order chi connectivity index (χ1) is 8.52. The standard InChI is InChI=1S/C15H25F3/c16-15(17,18)12-11-14(9-5-2-6-10-14)13-7-3-1-4-8-13/h13H,1-12H2. The van der Waals surface area contributed by atoms with Crippen LogP contribution in [0.25, 0.3) is 0 Å². The smallest absolute Gasteiger partial charge is 0.171 e. The fourth-order valence-corrected chi connectivity index (χ4v) is 4.22. The fraction of sp³-hybridized carbons (Fsp3) is 1.00. The van der Waals surface area contributed by atoms with Crippen molar-refractivity contribution in [1.82, 2.24) is 0 Å². The first-order valence-electron chi connectivity index (χ1n) is 7.59. The highest BCUT2D eigenvalue weighted by Gasteiger charge is 2.42. The predicted octanol–water partition coefficient (Wildman–Crippen LogP) is 5.86. The van der Waals surface area contributed by atoms with Gasteiger partial charge in [-0.2, -0.15) is 13.2 Å². The summed E-state index contributed by atoms with van der Waals surface area (Å²) in [6, 6.07) is 0. The average molecular weight is 262 g/mol. The van der Waals surface area contributed by atoms with Gasteiger partial charge in [-0.3, -0.25) is 0 Å². The van der Waals surface area contributed by atoms with Gasteiger partial charge in [0, 0.05) is 6.42 Å². The lowest BCUT2D eigenvalue weighted by molar-refractivity contribution is -0.145. The maximum atomic E-state index is 12.5. The Morgan fingerprint density at radius 3 is 1.94 bits per heavy atom. The van der Waals surface area contributed by atoms with Crippen LogP contribution in [0.3, 0.4) is 0 Å². The van der Waals surface area contributed by atoms with E-state index in [-0.39, 0.29) is 5.41 Å². The molecule has 0 saturated heterocycles. The molecule has 0 aliphatic heterocycles. The van der Waals surface area contributed by atoms with E-state index in [0.29, 0.717) is 12.3 Å². The second kappa shape index (κ2) is 5.83. The third-order valence-electron chi connectivity index (χ3n) is 5.23. The third-order valence-corrected chi connectivity index (χ3v) is 5.23. The minimum Gasteiger partial charge on any atom is -0.171 e. The van der Waals surface area contributed by atoms with Gasteiger partial charge in [-0.05, 0) is 43.4 Å².